The van der Waals surface area contributed by atoms with Gasteiger partial charge < -0.3 is 18.9 Å². The van der Waals surface area contributed by atoms with Crippen LogP contribution in [0.3, 0.4) is 0 Å². The summed E-state index contributed by atoms with van der Waals surface area (Å²) in [5.41, 5.74) is 1.67. The van der Waals surface area contributed by atoms with Crippen molar-refractivity contribution in [2.75, 3.05) is 28.4 Å². The molecule has 6 nitrogen and oxygen atoms in total. The average Bonchev–Trinajstić information content (AvgIpc) is 3.31. The molecule has 144 valence electrons. The number of ether oxygens (including phenoxy) is 4. The number of thiazole rings is 2. The van der Waals surface area contributed by atoms with Crippen molar-refractivity contribution in [2.24, 2.45) is 0 Å². The van der Waals surface area contributed by atoms with Crippen LogP contribution in [0.5, 0.6) is 23.0 Å². The molecule has 2 aromatic heterocycles. The Morgan fingerprint density at radius 1 is 0.571 bits per heavy atom. The molecule has 0 bridgehead atoms. The van der Waals surface area contributed by atoms with Crippen molar-refractivity contribution in [3.8, 4) is 44.1 Å². The van der Waals surface area contributed by atoms with E-state index in [2.05, 4.69) is 0 Å². The highest BCUT2D eigenvalue weighted by molar-refractivity contribution is 7.29. The maximum Gasteiger partial charge on any atom is 0.155 e. The Hall–Kier alpha value is -2.84. The highest BCUT2D eigenvalue weighted by Gasteiger charge is 2.21. The molecule has 0 aliphatic heterocycles. The summed E-state index contributed by atoms with van der Waals surface area (Å²) in [7, 11) is 6.55. The summed E-state index contributed by atoms with van der Waals surface area (Å²) in [5.74, 6) is 2.86. The van der Waals surface area contributed by atoms with Crippen molar-refractivity contribution in [1.82, 2.24) is 9.97 Å². The van der Waals surface area contributed by atoms with Crippen LogP contribution in [0.25, 0.3) is 30.8 Å². The Bertz CT molecular complexity index is 976. The van der Waals surface area contributed by atoms with Crippen molar-refractivity contribution < 1.29 is 18.9 Å². The summed E-state index contributed by atoms with van der Waals surface area (Å²) in [5, 5.41) is 1.61. The summed E-state index contributed by atoms with van der Waals surface area (Å²) in [4.78, 5) is 11.3. The van der Waals surface area contributed by atoms with E-state index in [4.69, 9.17) is 28.9 Å². The lowest BCUT2D eigenvalue weighted by molar-refractivity contribution is 0.397. The first kappa shape index (κ1) is 18.5. The Morgan fingerprint density at radius 2 is 0.893 bits per heavy atom. The first-order valence-corrected chi connectivity index (χ1v) is 10.0. The Kier molecular flexibility index (Phi) is 5.06. The molecule has 0 radical (unpaired) electrons. The molecule has 4 rings (SSSR count). The van der Waals surface area contributed by atoms with Gasteiger partial charge in [-0.3, -0.25) is 0 Å². The fourth-order valence-electron chi connectivity index (χ4n) is 2.98. The van der Waals surface area contributed by atoms with Gasteiger partial charge in [-0.05, 0) is 24.3 Å². The summed E-state index contributed by atoms with van der Waals surface area (Å²) in [6.45, 7) is 0. The van der Waals surface area contributed by atoms with E-state index in [1.807, 2.05) is 36.4 Å². The van der Waals surface area contributed by atoms with Gasteiger partial charge in [0.15, 0.2) is 9.66 Å². The Balaban J connectivity index is 1.84. The van der Waals surface area contributed by atoms with Gasteiger partial charge in [0, 0.05) is 0 Å². The Morgan fingerprint density at radius 3 is 1.18 bits per heavy atom. The van der Waals surface area contributed by atoms with E-state index in [1.54, 1.807) is 28.4 Å². The van der Waals surface area contributed by atoms with Gasteiger partial charge in [0.25, 0.3) is 0 Å². The molecular weight excluding hydrogens is 396 g/mol. The van der Waals surface area contributed by atoms with Crippen LogP contribution >= 0.6 is 22.7 Å². The number of aromatic nitrogens is 2. The summed E-state index contributed by atoms with van der Waals surface area (Å²) in [6.07, 6.45) is 0. The molecule has 0 aliphatic carbocycles. The van der Waals surface area contributed by atoms with Gasteiger partial charge in [0.2, 0.25) is 0 Å². The fourth-order valence-corrected chi connectivity index (χ4v) is 5.13. The maximum absolute atomic E-state index is 5.51. The second-order valence-electron chi connectivity index (χ2n) is 5.72. The molecule has 0 saturated carbocycles. The standard InChI is InChI=1S/C20H18N2O4S2/c1-23-11-7-5-8-12(24-2)15(11)17-21-19-20(27-17)22-18(28-19)16-13(25-3)9-6-10-14(16)26-4/h5-10H,1-4H3. The zero-order valence-electron chi connectivity index (χ0n) is 15.8. The molecule has 0 amide bonds. The minimum Gasteiger partial charge on any atom is -0.496 e. The van der Waals surface area contributed by atoms with Gasteiger partial charge >= 0.3 is 0 Å². The molecule has 0 unspecified atom stereocenters. The molecule has 0 N–H and O–H groups in total. The third-order valence-electron chi connectivity index (χ3n) is 4.26. The molecule has 0 atom stereocenters. The number of hydrogen-bond donors (Lipinski definition) is 0. The first-order valence-electron chi connectivity index (χ1n) is 8.40. The van der Waals surface area contributed by atoms with E-state index in [1.165, 1.54) is 22.7 Å². The maximum atomic E-state index is 5.51. The van der Waals surface area contributed by atoms with Crippen LogP contribution in [0.2, 0.25) is 0 Å². The first-order chi connectivity index (χ1) is 13.7. The molecule has 4 aromatic rings. The normalized spacial score (nSPS) is 10.9. The lowest BCUT2D eigenvalue weighted by Gasteiger charge is -2.11. The van der Waals surface area contributed by atoms with E-state index >= 15 is 0 Å². The predicted octanol–water partition coefficient (Wildman–Crippen LogP) is 5.12. The van der Waals surface area contributed by atoms with Gasteiger partial charge in [-0.1, -0.05) is 34.8 Å². The largest absolute Gasteiger partial charge is 0.496 e. The van der Waals surface area contributed by atoms with Crippen LogP contribution in [0.15, 0.2) is 36.4 Å². The zero-order valence-corrected chi connectivity index (χ0v) is 17.4. The molecule has 2 heterocycles. The molecule has 0 saturated heterocycles. The molecule has 28 heavy (non-hydrogen) atoms. The monoisotopic (exact) mass is 414 g/mol. The van der Waals surface area contributed by atoms with E-state index in [-0.39, 0.29) is 0 Å². The van der Waals surface area contributed by atoms with Crippen molar-refractivity contribution in [3.63, 3.8) is 0 Å². The number of benzene rings is 2. The smallest absolute Gasteiger partial charge is 0.155 e. The van der Waals surface area contributed by atoms with Crippen molar-refractivity contribution in [2.45, 2.75) is 0 Å². The topological polar surface area (TPSA) is 62.7 Å². The molecule has 0 fully saturated rings. The number of rotatable bonds is 6. The van der Waals surface area contributed by atoms with Gasteiger partial charge in [-0.15, -0.1) is 0 Å². The van der Waals surface area contributed by atoms with Gasteiger partial charge in [0.05, 0.1) is 39.6 Å². The Labute approximate surface area is 170 Å². The minimum atomic E-state index is 0.715. The summed E-state index contributed by atoms with van der Waals surface area (Å²) in [6, 6.07) is 11.4. The summed E-state index contributed by atoms with van der Waals surface area (Å²) < 4.78 is 22.0. The van der Waals surface area contributed by atoms with Crippen LogP contribution in [0.1, 0.15) is 0 Å². The fraction of sp³-hybridized carbons (Fsp3) is 0.200. The quantitative estimate of drug-likeness (QED) is 0.436. The lowest BCUT2D eigenvalue weighted by Crippen LogP contribution is -1.92. The van der Waals surface area contributed by atoms with Crippen LogP contribution in [-0.4, -0.2) is 38.4 Å². The van der Waals surface area contributed by atoms with E-state index in [0.717, 1.165) is 30.8 Å². The molecule has 8 heteroatoms. The third-order valence-corrected chi connectivity index (χ3v) is 6.32. The van der Waals surface area contributed by atoms with Gasteiger partial charge in [-0.2, -0.15) is 0 Å². The second kappa shape index (κ2) is 7.65. The van der Waals surface area contributed by atoms with Crippen molar-refractivity contribution in [3.05, 3.63) is 36.4 Å². The van der Waals surface area contributed by atoms with Gasteiger partial charge in [-0.25, -0.2) is 9.97 Å². The average molecular weight is 415 g/mol. The molecule has 0 spiro atoms. The van der Waals surface area contributed by atoms with E-state index < -0.39 is 0 Å². The second-order valence-corrected chi connectivity index (χ2v) is 7.68. The van der Waals surface area contributed by atoms with Crippen LogP contribution in [0.4, 0.5) is 0 Å². The third kappa shape index (κ3) is 3.04. The number of hydrogen-bond acceptors (Lipinski definition) is 8. The molecular formula is C20H18N2O4S2. The SMILES string of the molecule is COc1cccc(OC)c1-c1nc2sc(-c3c(OC)cccc3OC)nc2s1. The molecule has 2 aromatic carbocycles. The highest BCUT2D eigenvalue weighted by atomic mass is 32.1. The van der Waals surface area contributed by atoms with E-state index in [9.17, 15) is 0 Å². The van der Waals surface area contributed by atoms with Gasteiger partial charge in [0.1, 0.15) is 33.0 Å². The number of nitrogens with zero attached hydrogens (tertiary/aromatic N) is 2. The predicted molar refractivity (Wildman–Crippen MR) is 112 cm³/mol. The van der Waals surface area contributed by atoms with Crippen LogP contribution < -0.4 is 18.9 Å². The number of methoxy groups -OCH3 is 4. The van der Waals surface area contributed by atoms with Crippen LogP contribution in [-0.2, 0) is 0 Å². The minimum absolute atomic E-state index is 0.715. The van der Waals surface area contributed by atoms with E-state index in [0.29, 0.717) is 23.0 Å². The van der Waals surface area contributed by atoms with Crippen molar-refractivity contribution in [1.29, 1.82) is 0 Å². The summed E-state index contributed by atoms with van der Waals surface area (Å²) >= 11 is 3.00. The highest BCUT2D eigenvalue weighted by Crippen LogP contribution is 2.46. The lowest BCUT2D eigenvalue weighted by atomic mass is 10.2. The number of fused-ring (bicyclic) bond motifs is 1. The van der Waals surface area contributed by atoms with Crippen LogP contribution in [0, 0.1) is 0 Å². The van der Waals surface area contributed by atoms with Crippen molar-refractivity contribution >= 4 is 32.3 Å². The molecule has 0 aliphatic rings. The zero-order chi connectivity index (χ0) is 19.7.